The SMILES string of the molecule is CC1CCCC(C(=O)NC(C)C2CCCC2)C1N. The van der Waals surface area contributed by atoms with Crippen molar-refractivity contribution in [3.8, 4) is 0 Å². The van der Waals surface area contributed by atoms with E-state index in [2.05, 4.69) is 19.2 Å². The van der Waals surface area contributed by atoms with E-state index in [1.165, 1.54) is 32.1 Å². The van der Waals surface area contributed by atoms with Gasteiger partial charge in [-0.15, -0.1) is 0 Å². The molecule has 0 aromatic carbocycles. The molecule has 0 radical (unpaired) electrons. The van der Waals surface area contributed by atoms with Gasteiger partial charge in [-0.05, 0) is 44.4 Å². The van der Waals surface area contributed by atoms with Gasteiger partial charge in [-0.3, -0.25) is 4.79 Å². The van der Waals surface area contributed by atoms with Gasteiger partial charge in [0.15, 0.2) is 0 Å². The molecule has 18 heavy (non-hydrogen) atoms. The minimum atomic E-state index is 0.0394. The molecule has 0 heterocycles. The summed E-state index contributed by atoms with van der Waals surface area (Å²) < 4.78 is 0. The van der Waals surface area contributed by atoms with Crippen LogP contribution in [0.25, 0.3) is 0 Å². The summed E-state index contributed by atoms with van der Waals surface area (Å²) in [7, 11) is 0. The van der Waals surface area contributed by atoms with Crippen molar-refractivity contribution in [1.29, 1.82) is 0 Å². The third kappa shape index (κ3) is 3.05. The van der Waals surface area contributed by atoms with Gasteiger partial charge in [0, 0.05) is 12.1 Å². The molecule has 2 rings (SSSR count). The topological polar surface area (TPSA) is 55.1 Å². The van der Waals surface area contributed by atoms with Crippen LogP contribution in [-0.4, -0.2) is 18.0 Å². The lowest BCUT2D eigenvalue weighted by molar-refractivity contribution is -0.128. The molecule has 3 nitrogen and oxygen atoms in total. The molecule has 2 saturated carbocycles. The maximum atomic E-state index is 12.3. The molecular formula is C15H28N2O. The standard InChI is InChI=1S/C15H28N2O/c1-10-6-5-9-13(14(10)16)15(18)17-11(2)12-7-3-4-8-12/h10-14H,3-9,16H2,1-2H3,(H,17,18). The van der Waals surface area contributed by atoms with Gasteiger partial charge in [-0.1, -0.05) is 26.2 Å². The molecule has 0 aromatic heterocycles. The van der Waals surface area contributed by atoms with Gasteiger partial charge < -0.3 is 11.1 Å². The summed E-state index contributed by atoms with van der Waals surface area (Å²) in [6.07, 6.45) is 8.47. The average molecular weight is 252 g/mol. The normalized spacial score (nSPS) is 35.4. The van der Waals surface area contributed by atoms with Crippen molar-refractivity contribution in [3.63, 3.8) is 0 Å². The minimum absolute atomic E-state index is 0.0394. The van der Waals surface area contributed by atoms with Gasteiger partial charge in [0.25, 0.3) is 0 Å². The number of rotatable bonds is 3. The van der Waals surface area contributed by atoms with E-state index in [0.717, 1.165) is 12.8 Å². The molecule has 2 aliphatic carbocycles. The molecule has 3 heteroatoms. The highest BCUT2D eigenvalue weighted by Gasteiger charge is 2.34. The van der Waals surface area contributed by atoms with E-state index in [4.69, 9.17) is 5.73 Å². The van der Waals surface area contributed by atoms with E-state index >= 15 is 0 Å². The first-order valence-electron chi connectivity index (χ1n) is 7.65. The molecule has 104 valence electrons. The monoisotopic (exact) mass is 252 g/mol. The summed E-state index contributed by atoms with van der Waals surface area (Å²) in [5, 5.41) is 3.22. The van der Waals surface area contributed by atoms with Gasteiger partial charge in [-0.2, -0.15) is 0 Å². The quantitative estimate of drug-likeness (QED) is 0.810. The second-order valence-electron chi connectivity index (χ2n) is 6.43. The fourth-order valence-corrected chi connectivity index (χ4v) is 3.65. The number of carbonyl (C=O) groups is 1. The largest absolute Gasteiger partial charge is 0.353 e. The van der Waals surface area contributed by atoms with Crippen molar-refractivity contribution < 1.29 is 4.79 Å². The highest BCUT2D eigenvalue weighted by Crippen LogP contribution is 2.30. The van der Waals surface area contributed by atoms with Crippen LogP contribution in [0.4, 0.5) is 0 Å². The summed E-state index contributed by atoms with van der Waals surface area (Å²) in [5.41, 5.74) is 6.19. The van der Waals surface area contributed by atoms with E-state index in [-0.39, 0.29) is 17.9 Å². The smallest absolute Gasteiger partial charge is 0.224 e. The first kappa shape index (κ1) is 13.9. The lowest BCUT2D eigenvalue weighted by atomic mass is 9.77. The third-order valence-corrected chi connectivity index (χ3v) is 5.11. The Morgan fingerprint density at radius 1 is 1.17 bits per heavy atom. The van der Waals surface area contributed by atoms with Crippen molar-refractivity contribution in [2.45, 2.75) is 70.9 Å². The third-order valence-electron chi connectivity index (χ3n) is 5.11. The fraction of sp³-hybridized carbons (Fsp3) is 0.933. The van der Waals surface area contributed by atoms with Gasteiger partial charge in [-0.25, -0.2) is 0 Å². The Kier molecular flexibility index (Phi) is 4.66. The molecule has 0 bridgehead atoms. The Balaban J connectivity index is 1.86. The van der Waals surface area contributed by atoms with Crippen LogP contribution in [0.2, 0.25) is 0 Å². The second kappa shape index (κ2) is 6.05. The summed E-state index contributed by atoms with van der Waals surface area (Å²) in [4.78, 5) is 12.3. The molecule has 0 spiro atoms. The highest BCUT2D eigenvalue weighted by atomic mass is 16.2. The molecule has 0 saturated heterocycles. The number of hydrogen-bond donors (Lipinski definition) is 2. The molecule has 0 aromatic rings. The van der Waals surface area contributed by atoms with Crippen molar-refractivity contribution in [1.82, 2.24) is 5.32 Å². The van der Waals surface area contributed by atoms with Crippen LogP contribution in [0.1, 0.15) is 58.8 Å². The first-order valence-corrected chi connectivity index (χ1v) is 7.65. The zero-order valence-electron chi connectivity index (χ0n) is 11.8. The van der Waals surface area contributed by atoms with E-state index < -0.39 is 0 Å². The summed E-state index contributed by atoms with van der Waals surface area (Å²) >= 11 is 0. The van der Waals surface area contributed by atoms with Crippen molar-refractivity contribution in [2.75, 3.05) is 0 Å². The van der Waals surface area contributed by atoms with Crippen LogP contribution in [0, 0.1) is 17.8 Å². The molecule has 4 unspecified atom stereocenters. The van der Waals surface area contributed by atoms with Crippen LogP contribution in [0.5, 0.6) is 0 Å². The van der Waals surface area contributed by atoms with Crippen molar-refractivity contribution in [2.24, 2.45) is 23.5 Å². The van der Waals surface area contributed by atoms with Crippen LogP contribution >= 0.6 is 0 Å². The molecule has 0 aliphatic heterocycles. The Bertz CT molecular complexity index is 286. The van der Waals surface area contributed by atoms with Gasteiger partial charge in [0.05, 0.1) is 5.92 Å². The molecule has 2 aliphatic rings. The van der Waals surface area contributed by atoms with Crippen molar-refractivity contribution >= 4 is 5.91 Å². The van der Waals surface area contributed by atoms with Crippen LogP contribution in [-0.2, 0) is 4.79 Å². The molecular weight excluding hydrogens is 224 g/mol. The molecule has 4 atom stereocenters. The van der Waals surface area contributed by atoms with Gasteiger partial charge >= 0.3 is 0 Å². The van der Waals surface area contributed by atoms with Gasteiger partial charge in [0.1, 0.15) is 0 Å². The second-order valence-corrected chi connectivity index (χ2v) is 6.43. The summed E-state index contributed by atoms with van der Waals surface area (Å²) in [6.45, 7) is 4.33. The van der Waals surface area contributed by atoms with Crippen molar-refractivity contribution in [3.05, 3.63) is 0 Å². The fourth-order valence-electron chi connectivity index (χ4n) is 3.65. The Labute approximate surface area is 111 Å². The van der Waals surface area contributed by atoms with E-state index in [0.29, 0.717) is 17.9 Å². The lowest BCUT2D eigenvalue weighted by Gasteiger charge is -2.34. The number of nitrogens with two attached hydrogens (primary N) is 1. The lowest BCUT2D eigenvalue weighted by Crippen LogP contribution is -2.50. The van der Waals surface area contributed by atoms with Crippen LogP contribution in [0.15, 0.2) is 0 Å². The summed E-state index contributed by atoms with van der Waals surface area (Å²) in [5.74, 6) is 1.41. The Hall–Kier alpha value is -0.570. The summed E-state index contributed by atoms with van der Waals surface area (Å²) in [6, 6.07) is 0.374. The predicted molar refractivity (Wildman–Crippen MR) is 74.0 cm³/mol. The van der Waals surface area contributed by atoms with Crippen LogP contribution < -0.4 is 11.1 Å². The minimum Gasteiger partial charge on any atom is -0.353 e. The maximum Gasteiger partial charge on any atom is 0.224 e. The first-order chi connectivity index (χ1) is 8.59. The highest BCUT2D eigenvalue weighted by molar-refractivity contribution is 5.79. The Morgan fingerprint density at radius 2 is 1.83 bits per heavy atom. The molecule has 3 N–H and O–H groups in total. The van der Waals surface area contributed by atoms with Crippen LogP contribution in [0.3, 0.4) is 0 Å². The number of carbonyl (C=O) groups excluding carboxylic acids is 1. The maximum absolute atomic E-state index is 12.3. The number of amides is 1. The van der Waals surface area contributed by atoms with E-state index in [9.17, 15) is 4.79 Å². The molecule has 2 fully saturated rings. The number of hydrogen-bond acceptors (Lipinski definition) is 2. The van der Waals surface area contributed by atoms with Gasteiger partial charge in [0.2, 0.25) is 5.91 Å². The zero-order valence-corrected chi connectivity index (χ0v) is 11.8. The zero-order chi connectivity index (χ0) is 13.1. The number of nitrogens with one attached hydrogen (secondary N) is 1. The Morgan fingerprint density at radius 3 is 2.50 bits per heavy atom. The average Bonchev–Trinajstić information content (AvgIpc) is 2.86. The molecule has 1 amide bonds. The van der Waals surface area contributed by atoms with E-state index in [1.807, 2.05) is 0 Å². The predicted octanol–water partition coefficient (Wildman–Crippen LogP) is 2.44. The van der Waals surface area contributed by atoms with E-state index in [1.54, 1.807) is 0 Å².